The molecule has 9 aromatic rings. The van der Waals surface area contributed by atoms with Gasteiger partial charge in [-0.1, -0.05) is 60.2 Å². The summed E-state index contributed by atoms with van der Waals surface area (Å²) < 4.78 is 63.5. The van der Waals surface area contributed by atoms with Gasteiger partial charge in [-0.25, -0.2) is 0 Å². The summed E-state index contributed by atoms with van der Waals surface area (Å²) in [6, 6.07) is 59.0. The van der Waals surface area contributed by atoms with E-state index in [0.29, 0.717) is 44.3 Å². The van der Waals surface area contributed by atoms with Gasteiger partial charge in [0.05, 0.1) is 5.58 Å². The van der Waals surface area contributed by atoms with Gasteiger partial charge in [0.1, 0.15) is 5.58 Å². The molecule has 7 aromatic carbocycles. The van der Waals surface area contributed by atoms with E-state index in [1.165, 1.54) is 12.3 Å². The molecule has 9 rings (SSSR count). The summed E-state index contributed by atoms with van der Waals surface area (Å²) in [4.78, 5) is 4.38. The monoisotopic (exact) mass is 986 g/mol. The predicted octanol–water partition coefficient (Wildman–Crippen LogP) is 13.3. The first-order chi connectivity index (χ1) is 29.2. The first kappa shape index (κ1) is 33.7. The van der Waals surface area contributed by atoms with Gasteiger partial charge in [-0.05, 0) is 40.7 Å². The zero-order chi connectivity index (χ0) is 42.9. The first-order valence-corrected chi connectivity index (χ1v) is 25.8. The van der Waals surface area contributed by atoms with Crippen LogP contribution in [0.2, 0.25) is 17.3 Å². The van der Waals surface area contributed by atoms with E-state index in [1.807, 2.05) is 109 Å². The molecular formula is C52H41FGeIrNO. The number of fused-ring (bicyclic) bond motifs is 3. The number of benzene rings is 7. The molecule has 0 radical (unpaired) electrons. The molecule has 0 aliphatic carbocycles. The van der Waals surface area contributed by atoms with Crippen molar-refractivity contribution >= 4 is 39.6 Å². The van der Waals surface area contributed by atoms with Crippen molar-refractivity contribution in [2.75, 3.05) is 0 Å². The summed E-state index contributed by atoms with van der Waals surface area (Å²) >= 11 is -2.34. The van der Waals surface area contributed by atoms with E-state index in [9.17, 15) is 4.39 Å². The summed E-state index contributed by atoms with van der Waals surface area (Å²) in [6.45, 7) is -2.32. The number of nitrogens with zero attached hydrogens (tertiary/aromatic N) is 1. The van der Waals surface area contributed by atoms with E-state index in [-0.39, 0.29) is 25.7 Å². The van der Waals surface area contributed by atoms with Crippen LogP contribution in [0.3, 0.4) is 0 Å². The van der Waals surface area contributed by atoms with Crippen LogP contribution in [-0.4, -0.2) is 18.3 Å². The average Bonchev–Trinajstić information content (AvgIpc) is 3.67. The van der Waals surface area contributed by atoms with Gasteiger partial charge >= 0.3 is 201 Å². The minimum Gasteiger partial charge on any atom is 3.00 e. The van der Waals surface area contributed by atoms with E-state index in [4.69, 9.17) is 11.3 Å². The standard InChI is InChI=1S/C28H26Ge.C24H15FNO.Ir/c1-29(2,3)28-18-17-26(21-27(28)19-22-11-6-4-7-12-22)25-16-10-15-24(20-25)23-13-8-5-9-14-23;1-15-14-26-21(13-19(15)16-7-3-2-4-8-16)17-11-12-20(25)23-18-9-5-6-10-22(18)27-24(17)23;/h4-15,18,20-21H,19H2,1-3H3;2-10,12-14H,1H3;/q-2;-1;+3/i19D2;1D3;. The molecule has 0 fully saturated rings. The number of halogens is 1. The van der Waals surface area contributed by atoms with Gasteiger partial charge in [0, 0.05) is 21.5 Å². The Labute approximate surface area is 358 Å². The molecule has 2 aromatic heterocycles. The van der Waals surface area contributed by atoms with Gasteiger partial charge in [-0.2, -0.15) is 0 Å². The second-order valence-electron chi connectivity index (χ2n) is 14.6. The molecule has 2 heterocycles. The van der Waals surface area contributed by atoms with Crippen LogP contribution in [0.4, 0.5) is 4.39 Å². The largest absolute Gasteiger partial charge is 3.00 e. The van der Waals surface area contributed by atoms with Crippen molar-refractivity contribution in [1.82, 2.24) is 4.98 Å². The number of furan rings is 1. The van der Waals surface area contributed by atoms with E-state index in [0.717, 1.165) is 37.8 Å². The maximum Gasteiger partial charge on any atom is 3.00 e. The number of aromatic nitrogens is 1. The number of pyridine rings is 1. The number of hydrogen-bond donors (Lipinski definition) is 0. The molecule has 2 nitrogen and oxygen atoms in total. The molecule has 0 saturated carbocycles. The normalized spacial score (nSPS) is 12.9. The van der Waals surface area contributed by atoms with Crippen molar-refractivity contribution in [2.24, 2.45) is 0 Å². The summed E-state index contributed by atoms with van der Waals surface area (Å²) in [5.41, 5.74) is 8.83. The van der Waals surface area contributed by atoms with Gasteiger partial charge in [0.2, 0.25) is 0 Å². The predicted molar refractivity (Wildman–Crippen MR) is 233 cm³/mol. The van der Waals surface area contributed by atoms with Crippen molar-refractivity contribution in [3.05, 3.63) is 205 Å². The SMILES string of the molecule is [2H]C([2H])([2H])c1cnc(-c2[c-]cc(F)c3c2oc2ccccc23)cc1-c1ccccc1.[2H]C([2H])(c1ccccc1)c1cc(-c2[c-]ccc(-c3ccccc3)c2)[c-]c[c]1[Ge]([CH3])([CH3])[CH3].[Ir+3]. The van der Waals surface area contributed by atoms with E-state index in [2.05, 4.69) is 64.7 Å². The van der Waals surface area contributed by atoms with Crippen molar-refractivity contribution in [3.63, 3.8) is 0 Å². The maximum atomic E-state index is 14.6. The first-order valence-electron chi connectivity index (χ1n) is 21.0. The smallest absolute Gasteiger partial charge is 3.00 e. The van der Waals surface area contributed by atoms with Crippen LogP contribution in [0.5, 0.6) is 0 Å². The van der Waals surface area contributed by atoms with Gasteiger partial charge in [-0.15, -0.1) is 12.1 Å². The molecule has 0 N–H and O–H groups in total. The van der Waals surface area contributed by atoms with Crippen LogP contribution in [0, 0.1) is 30.9 Å². The summed E-state index contributed by atoms with van der Waals surface area (Å²) in [6.07, 6.45) is -0.216. The molecule has 280 valence electrons. The molecule has 0 amide bonds. The van der Waals surface area contributed by atoms with Crippen molar-refractivity contribution < 1.29 is 35.8 Å². The fourth-order valence-corrected chi connectivity index (χ4v) is 9.89. The molecule has 0 aliphatic rings. The molecule has 0 spiro atoms. The maximum absolute atomic E-state index is 14.6. The number of rotatable bonds is 7. The average molecular weight is 985 g/mol. The Morgan fingerprint density at radius 3 is 2.11 bits per heavy atom. The Bertz CT molecular complexity index is 2990. The summed E-state index contributed by atoms with van der Waals surface area (Å²) in [5, 5.41) is 1.03. The molecule has 5 heteroatoms. The fraction of sp³-hybridized carbons (Fsp3) is 0.0962. The third-order valence-corrected chi connectivity index (χ3v) is 13.9. The van der Waals surface area contributed by atoms with Crippen LogP contribution >= 0.6 is 0 Å². The third kappa shape index (κ3) is 8.80. The molecule has 0 atom stereocenters. The van der Waals surface area contributed by atoms with Crippen LogP contribution in [0.25, 0.3) is 66.6 Å². The van der Waals surface area contributed by atoms with Crippen LogP contribution in [0.1, 0.15) is 23.5 Å². The van der Waals surface area contributed by atoms with E-state index >= 15 is 0 Å². The zero-order valence-corrected chi connectivity index (χ0v) is 36.1. The second kappa shape index (κ2) is 17.4. The van der Waals surface area contributed by atoms with Crippen molar-refractivity contribution in [3.8, 4) is 44.6 Å². The topological polar surface area (TPSA) is 26.0 Å². The molecule has 0 aliphatic heterocycles. The molecule has 0 saturated heterocycles. The minimum atomic E-state index is -2.34. The quantitative estimate of drug-likeness (QED) is 0.117. The fourth-order valence-electron chi connectivity index (χ4n) is 6.85. The van der Waals surface area contributed by atoms with Crippen LogP contribution in [0.15, 0.2) is 168 Å². The molecular weight excluding hydrogens is 938 g/mol. The van der Waals surface area contributed by atoms with Crippen LogP contribution < -0.4 is 4.40 Å². The van der Waals surface area contributed by atoms with E-state index in [1.54, 1.807) is 18.2 Å². The molecule has 0 bridgehead atoms. The number of aryl methyl sites for hydroxylation is 1. The second-order valence-corrected chi connectivity index (χ2v) is 25.1. The van der Waals surface area contributed by atoms with Crippen molar-refractivity contribution in [1.29, 1.82) is 0 Å². The molecule has 57 heavy (non-hydrogen) atoms. The third-order valence-electron chi connectivity index (χ3n) is 9.66. The van der Waals surface area contributed by atoms with Gasteiger partial charge in [-0.3, -0.25) is 4.39 Å². The van der Waals surface area contributed by atoms with E-state index < -0.39 is 32.3 Å². The van der Waals surface area contributed by atoms with Gasteiger partial charge < -0.3 is 9.40 Å². The Morgan fingerprint density at radius 2 is 1.39 bits per heavy atom. The Balaban J connectivity index is 0.000000184. The Morgan fingerprint density at radius 1 is 0.719 bits per heavy atom. The number of hydrogen-bond acceptors (Lipinski definition) is 2. The van der Waals surface area contributed by atoms with Crippen LogP contribution in [-0.2, 0) is 26.5 Å². The summed E-state index contributed by atoms with van der Waals surface area (Å²) in [7, 11) is 0. The Hall–Kier alpha value is -5.39. The van der Waals surface area contributed by atoms with Crippen molar-refractivity contribution in [2.45, 2.75) is 30.5 Å². The minimum absolute atomic E-state index is 0. The molecule has 0 unspecified atom stereocenters. The number of para-hydroxylation sites is 1. The van der Waals surface area contributed by atoms with Gasteiger partial charge in [0.15, 0.2) is 0 Å². The summed E-state index contributed by atoms with van der Waals surface area (Å²) in [5.74, 6) is 6.47. The zero-order valence-electron chi connectivity index (χ0n) is 36.7. The Kier molecular flexibility index (Phi) is 10.3. The van der Waals surface area contributed by atoms with Gasteiger partial charge in [0.25, 0.3) is 0 Å².